The number of ether oxygens (including phenoxy) is 2. The van der Waals surface area contributed by atoms with Crippen molar-refractivity contribution in [2.45, 2.75) is 39.2 Å². The highest BCUT2D eigenvalue weighted by Crippen LogP contribution is 2.14. The Labute approximate surface area is 165 Å². The standard InChI is InChI=1S/C20H41N5O2/c1-4-21-20(23-16-18(2)25-11-9-24(3)10-12-25)22-8-5-13-27-17-19-6-14-26-15-7-19/h18-19H,4-17H2,1-3H3,(H2,21,22,23). The molecule has 158 valence electrons. The van der Waals surface area contributed by atoms with Crippen LogP contribution in [0.25, 0.3) is 0 Å². The molecule has 7 nitrogen and oxygen atoms in total. The Kier molecular flexibility index (Phi) is 11.0. The van der Waals surface area contributed by atoms with Gasteiger partial charge in [0.05, 0.1) is 6.54 Å². The summed E-state index contributed by atoms with van der Waals surface area (Å²) in [6.07, 6.45) is 3.28. The van der Waals surface area contributed by atoms with E-state index in [-0.39, 0.29) is 0 Å². The average Bonchev–Trinajstić information content (AvgIpc) is 2.69. The van der Waals surface area contributed by atoms with Crippen LogP contribution in [-0.4, -0.2) is 101 Å². The fraction of sp³-hybridized carbons (Fsp3) is 0.950. The number of piperazine rings is 1. The molecule has 2 N–H and O–H groups in total. The second kappa shape index (κ2) is 13.3. The highest BCUT2D eigenvalue weighted by Gasteiger charge is 2.18. The van der Waals surface area contributed by atoms with Gasteiger partial charge in [0, 0.05) is 71.7 Å². The smallest absolute Gasteiger partial charge is 0.191 e. The van der Waals surface area contributed by atoms with Crippen molar-refractivity contribution < 1.29 is 9.47 Å². The van der Waals surface area contributed by atoms with Gasteiger partial charge in [-0.25, -0.2) is 0 Å². The minimum atomic E-state index is 0.483. The van der Waals surface area contributed by atoms with Crippen molar-refractivity contribution in [1.29, 1.82) is 0 Å². The number of hydrogen-bond acceptors (Lipinski definition) is 5. The molecule has 2 saturated heterocycles. The second-order valence-electron chi connectivity index (χ2n) is 7.82. The van der Waals surface area contributed by atoms with Gasteiger partial charge in [0.2, 0.25) is 0 Å². The Morgan fingerprint density at radius 3 is 2.63 bits per heavy atom. The van der Waals surface area contributed by atoms with Crippen LogP contribution in [0.1, 0.15) is 33.1 Å². The van der Waals surface area contributed by atoms with Gasteiger partial charge in [0.15, 0.2) is 5.96 Å². The summed E-state index contributed by atoms with van der Waals surface area (Å²) in [5.74, 6) is 1.60. The molecule has 2 fully saturated rings. The van der Waals surface area contributed by atoms with E-state index in [1.165, 1.54) is 0 Å². The van der Waals surface area contributed by atoms with Crippen LogP contribution < -0.4 is 10.6 Å². The third-order valence-corrected chi connectivity index (χ3v) is 5.47. The molecule has 0 radical (unpaired) electrons. The first-order valence-corrected chi connectivity index (χ1v) is 10.8. The lowest BCUT2D eigenvalue weighted by atomic mass is 10.0. The molecule has 7 heteroatoms. The zero-order chi connectivity index (χ0) is 19.3. The van der Waals surface area contributed by atoms with Crippen molar-refractivity contribution >= 4 is 5.96 Å². The summed E-state index contributed by atoms with van der Waals surface area (Å²) in [6.45, 7) is 15.1. The molecule has 1 atom stereocenters. The Bertz CT molecular complexity index is 407. The van der Waals surface area contributed by atoms with Crippen LogP contribution in [0.3, 0.4) is 0 Å². The van der Waals surface area contributed by atoms with Crippen LogP contribution in [0.4, 0.5) is 0 Å². The highest BCUT2D eigenvalue weighted by molar-refractivity contribution is 5.79. The Morgan fingerprint density at radius 2 is 1.93 bits per heavy atom. The first-order valence-electron chi connectivity index (χ1n) is 10.8. The molecule has 0 aromatic carbocycles. The van der Waals surface area contributed by atoms with Crippen molar-refractivity contribution in [3.63, 3.8) is 0 Å². The summed E-state index contributed by atoms with van der Waals surface area (Å²) in [4.78, 5) is 9.71. The second-order valence-corrected chi connectivity index (χ2v) is 7.82. The predicted molar refractivity (Wildman–Crippen MR) is 111 cm³/mol. The molecule has 2 aliphatic heterocycles. The number of guanidine groups is 1. The molecule has 0 aliphatic carbocycles. The maximum atomic E-state index is 5.83. The number of likely N-dealkylation sites (N-methyl/N-ethyl adjacent to an activating group) is 1. The van der Waals surface area contributed by atoms with Gasteiger partial charge in [0.25, 0.3) is 0 Å². The molecule has 2 heterocycles. The van der Waals surface area contributed by atoms with E-state index >= 15 is 0 Å². The average molecular weight is 384 g/mol. The number of rotatable bonds is 10. The molecule has 0 amide bonds. The van der Waals surface area contributed by atoms with Crippen molar-refractivity contribution in [2.75, 3.05) is 79.3 Å². The van der Waals surface area contributed by atoms with E-state index in [2.05, 4.69) is 41.3 Å². The van der Waals surface area contributed by atoms with E-state index in [1.54, 1.807) is 0 Å². The normalized spacial score (nSPS) is 22.0. The van der Waals surface area contributed by atoms with Crippen molar-refractivity contribution in [3.8, 4) is 0 Å². The molecule has 0 aromatic rings. The van der Waals surface area contributed by atoms with Crippen LogP contribution in [0, 0.1) is 5.92 Å². The maximum Gasteiger partial charge on any atom is 0.191 e. The zero-order valence-electron chi connectivity index (χ0n) is 17.7. The third-order valence-electron chi connectivity index (χ3n) is 5.47. The summed E-state index contributed by atoms with van der Waals surface area (Å²) >= 11 is 0. The fourth-order valence-electron chi connectivity index (χ4n) is 3.49. The van der Waals surface area contributed by atoms with Crippen LogP contribution in [0.15, 0.2) is 4.99 Å². The summed E-state index contributed by atoms with van der Waals surface area (Å²) in [5.41, 5.74) is 0. The van der Waals surface area contributed by atoms with Gasteiger partial charge >= 0.3 is 0 Å². The first kappa shape index (κ1) is 22.4. The third kappa shape index (κ3) is 9.23. The molecule has 27 heavy (non-hydrogen) atoms. The van der Waals surface area contributed by atoms with E-state index in [0.717, 1.165) is 97.5 Å². The van der Waals surface area contributed by atoms with E-state index in [1.807, 2.05) is 0 Å². The lowest BCUT2D eigenvalue weighted by Crippen LogP contribution is -2.49. The van der Waals surface area contributed by atoms with E-state index in [4.69, 9.17) is 14.5 Å². The van der Waals surface area contributed by atoms with Crippen molar-refractivity contribution in [1.82, 2.24) is 20.4 Å². The molecule has 2 aliphatic rings. The zero-order valence-corrected chi connectivity index (χ0v) is 17.7. The largest absolute Gasteiger partial charge is 0.381 e. The molecular formula is C20H41N5O2. The number of nitrogens with zero attached hydrogens (tertiary/aromatic N) is 3. The van der Waals surface area contributed by atoms with Gasteiger partial charge < -0.3 is 25.0 Å². The van der Waals surface area contributed by atoms with E-state index in [9.17, 15) is 0 Å². The Morgan fingerprint density at radius 1 is 1.19 bits per heavy atom. The number of hydrogen-bond donors (Lipinski definition) is 2. The van der Waals surface area contributed by atoms with Crippen LogP contribution in [0.5, 0.6) is 0 Å². The molecule has 1 unspecified atom stereocenters. The minimum absolute atomic E-state index is 0.483. The molecule has 0 saturated carbocycles. The molecule has 2 rings (SSSR count). The topological polar surface area (TPSA) is 61.4 Å². The minimum Gasteiger partial charge on any atom is -0.381 e. The van der Waals surface area contributed by atoms with Crippen LogP contribution in [0.2, 0.25) is 0 Å². The van der Waals surface area contributed by atoms with Gasteiger partial charge in [0.1, 0.15) is 0 Å². The molecule has 0 bridgehead atoms. The first-order chi connectivity index (χ1) is 13.2. The summed E-state index contributed by atoms with van der Waals surface area (Å²) < 4.78 is 11.2. The quantitative estimate of drug-likeness (QED) is 0.334. The lowest BCUT2D eigenvalue weighted by Gasteiger charge is -2.35. The Hall–Kier alpha value is -0.890. The summed E-state index contributed by atoms with van der Waals surface area (Å²) in [5, 5.41) is 6.78. The molecule has 0 spiro atoms. The predicted octanol–water partition coefficient (Wildman–Crippen LogP) is 1.01. The van der Waals surface area contributed by atoms with Gasteiger partial charge in [-0.1, -0.05) is 0 Å². The SMILES string of the molecule is CCNC(=NCC(C)N1CCN(C)CC1)NCCCOCC1CCOCC1. The van der Waals surface area contributed by atoms with Crippen LogP contribution >= 0.6 is 0 Å². The van der Waals surface area contributed by atoms with Crippen molar-refractivity contribution in [2.24, 2.45) is 10.9 Å². The number of aliphatic imine (C=N–C) groups is 1. The highest BCUT2D eigenvalue weighted by atomic mass is 16.5. The van der Waals surface area contributed by atoms with Crippen molar-refractivity contribution in [3.05, 3.63) is 0 Å². The van der Waals surface area contributed by atoms with E-state index < -0.39 is 0 Å². The summed E-state index contributed by atoms with van der Waals surface area (Å²) in [6, 6.07) is 0.483. The fourth-order valence-corrected chi connectivity index (χ4v) is 3.49. The maximum absolute atomic E-state index is 5.83. The van der Waals surface area contributed by atoms with Gasteiger partial charge in [-0.05, 0) is 46.1 Å². The summed E-state index contributed by atoms with van der Waals surface area (Å²) in [7, 11) is 2.20. The van der Waals surface area contributed by atoms with Gasteiger partial charge in [-0.3, -0.25) is 9.89 Å². The van der Waals surface area contributed by atoms with Gasteiger partial charge in [-0.2, -0.15) is 0 Å². The lowest BCUT2D eigenvalue weighted by molar-refractivity contribution is 0.0203. The Balaban J connectivity index is 1.58. The van der Waals surface area contributed by atoms with E-state index in [0.29, 0.717) is 12.0 Å². The van der Waals surface area contributed by atoms with Crippen LogP contribution in [-0.2, 0) is 9.47 Å². The monoisotopic (exact) mass is 383 g/mol. The molecule has 0 aromatic heterocycles. The van der Waals surface area contributed by atoms with Gasteiger partial charge in [-0.15, -0.1) is 0 Å². The number of nitrogens with one attached hydrogen (secondary N) is 2. The molecular weight excluding hydrogens is 342 g/mol.